The van der Waals surface area contributed by atoms with Crippen molar-refractivity contribution < 1.29 is 9.53 Å². The molecular formula is C15H19ClN2O2. The molecule has 0 amide bonds. The zero-order valence-corrected chi connectivity index (χ0v) is 12.9. The first kappa shape index (κ1) is 16.5. The number of ether oxygens (including phenoxy) is 1. The van der Waals surface area contributed by atoms with Crippen molar-refractivity contribution in [3.8, 4) is 6.07 Å². The molecule has 0 aromatic heterocycles. The van der Waals surface area contributed by atoms with Gasteiger partial charge in [-0.2, -0.15) is 5.26 Å². The predicted octanol–water partition coefficient (Wildman–Crippen LogP) is 3.18. The SMILES string of the molecule is CN(CC(=O)OC(C)(C)C)C(C#N)c1ccccc1Cl. The Morgan fingerprint density at radius 1 is 1.45 bits per heavy atom. The van der Waals surface area contributed by atoms with Crippen molar-refractivity contribution in [2.45, 2.75) is 32.4 Å². The summed E-state index contributed by atoms with van der Waals surface area (Å²) in [5, 5.41) is 9.83. The van der Waals surface area contributed by atoms with E-state index in [4.69, 9.17) is 16.3 Å². The maximum atomic E-state index is 11.8. The number of esters is 1. The molecule has 0 aliphatic carbocycles. The van der Waals surface area contributed by atoms with Crippen LogP contribution in [0.3, 0.4) is 0 Å². The van der Waals surface area contributed by atoms with Gasteiger partial charge in [0.25, 0.3) is 0 Å². The molecule has 1 aromatic carbocycles. The summed E-state index contributed by atoms with van der Waals surface area (Å²) in [7, 11) is 1.70. The van der Waals surface area contributed by atoms with Gasteiger partial charge in [0, 0.05) is 10.6 Å². The molecule has 0 aliphatic heterocycles. The molecule has 20 heavy (non-hydrogen) atoms. The highest BCUT2D eigenvalue weighted by Gasteiger charge is 2.23. The van der Waals surface area contributed by atoms with Gasteiger partial charge in [0.15, 0.2) is 0 Å². The predicted molar refractivity (Wildman–Crippen MR) is 78.3 cm³/mol. The van der Waals surface area contributed by atoms with Gasteiger partial charge < -0.3 is 4.74 Å². The summed E-state index contributed by atoms with van der Waals surface area (Å²) < 4.78 is 5.25. The molecule has 0 heterocycles. The van der Waals surface area contributed by atoms with Crippen LogP contribution in [0.25, 0.3) is 0 Å². The summed E-state index contributed by atoms with van der Waals surface area (Å²) in [6, 6.07) is 8.69. The van der Waals surface area contributed by atoms with Crippen LogP contribution in [0.5, 0.6) is 0 Å². The number of nitriles is 1. The first-order chi connectivity index (χ1) is 9.24. The number of benzene rings is 1. The summed E-state index contributed by atoms with van der Waals surface area (Å²) in [4.78, 5) is 13.4. The number of carbonyl (C=O) groups is 1. The maximum absolute atomic E-state index is 11.8. The lowest BCUT2D eigenvalue weighted by Gasteiger charge is -2.25. The van der Waals surface area contributed by atoms with Gasteiger partial charge >= 0.3 is 5.97 Å². The number of halogens is 1. The summed E-state index contributed by atoms with van der Waals surface area (Å²) >= 11 is 6.09. The van der Waals surface area contributed by atoms with Gasteiger partial charge in [0.2, 0.25) is 0 Å². The fourth-order valence-electron chi connectivity index (χ4n) is 1.77. The van der Waals surface area contributed by atoms with Crippen molar-refractivity contribution in [2.75, 3.05) is 13.6 Å². The summed E-state index contributed by atoms with van der Waals surface area (Å²) in [6.07, 6.45) is 0. The Labute approximate surface area is 124 Å². The van der Waals surface area contributed by atoms with E-state index in [1.807, 2.05) is 6.07 Å². The lowest BCUT2D eigenvalue weighted by Crippen LogP contribution is -2.34. The molecule has 1 atom stereocenters. The van der Waals surface area contributed by atoms with Gasteiger partial charge in [-0.05, 0) is 33.9 Å². The smallest absolute Gasteiger partial charge is 0.320 e. The molecule has 108 valence electrons. The molecule has 0 saturated heterocycles. The van der Waals surface area contributed by atoms with Crippen molar-refractivity contribution in [3.63, 3.8) is 0 Å². The lowest BCUT2D eigenvalue weighted by atomic mass is 10.1. The first-order valence-corrected chi connectivity index (χ1v) is 6.68. The molecule has 1 unspecified atom stereocenters. The van der Waals surface area contributed by atoms with Crippen LogP contribution in [0, 0.1) is 11.3 Å². The molecule has 4 nitrogen and oxygen atoms in total. The summed E-state index contributed by atoms with van der Waals surface area (Å²) in [6.45, 7) is 5.45. The third-order valence-electron chi connectivity index (χ3n) is 2.56. The van der Waals surface area contributed by atoms with Crippen LogP contribution in [0.4, 0.5) is 0 Å². The molecule has 0 spiro atoms. The van der Waals surface area contributed by atoms with Gasteiger partial charge in [0.1, 0.15) is 11.6 Å². The van der Waals surface area contributed by atoms with E-state index >= 15 is 0 Å². The number of rotatable bonds is 4. The maximum Gasteiger partial charge on any atom is 0.320 e. The number of hydrogen-bond acceptors (Lipinski definition) is 4. The van der Waals surface area contributed by atoms with Gasteiger partial charge in [-0.1, -0.05) is 29.8 Å². The Bertz CT molecular complexity index is 517. The topological polar surface area (TPSA) is 53.3 Å². The number of carbonyl (C=O) groups excluding carboxylic acids is 1. The van der Waals surface area contributed by atoms with E-state index in [-0.39, 0.29) is 12.5 Å². The molecule has 0 fully saturated rings. The van der Waals surface area contributed by atoms with Crippen molar-refractivity contribution in [3.05, 3.63) is 34.9 Å². The quantitative estimate of drug-likeness (QED) is 0.800. The van der Waals surface area contributed by atoms with Crippen LogP contribution >= 0.6 is 11.6 Å². The van der Waals surface area contributed by atoms with Gasteiger partial charge in [-0.15, -0.1) is 0 Å². The molecule has 0 radical (unpaired) electrons. The van der Waals surface area contributed by atoms with Crippen LogP contribution in [0.15, 0.2) is 24.3 Å². The van der Waals surface area contributed by atoms with Crippen LogP contribution in [0.1, 0.15) is 32.4 Å². The minimum Gasteiger partial charge on any atom is -0.459 e. The average molecular weight is 295 g/mol. The van der Waals surface area contributed by atoms with E-state index in [1.165, 1.54) is 0 Å². The highest BCUT2D eigenvalue weighted by atomic mass is 35.5. The Morgan fingerprint density at radius 3 is 2.55 bits per heavy atom. The van der Waals surface area contributed by atoms with E-state index in [0.717, 1.165) is 0 Å². The third kappa shape index (κ3) is 4.84. The summed E-state index contributed by atoms with van der Waals surface area (Å²) in [5.41, 5.74) is 0.146. The van der Waals surface area contributed by atoms with E-state index in [0.29, 0.717) is 10.6 Å². The number of nitrogens with zero attached hydrogens (tertiary/aromatic N) is 2. The molecular weight excluding hydrogens is 276 g/mol. The number of hydrogen-bond donors (Lipinski definition) is 0. The van der Waals surface area contributed by atoms with Crippen LogP contribution in [-0.4, -0.2) is 30.1 Å². The van der Waals surface area contributed by atoms with Crippen molar-refractivity contribution in [1.29, 1.82) is 5.26 Å². The van der Waals surface area contributed by atoms with Gasteiger partial charge in [-0.25, -0.2) is 0 Å². The molecule has 1 aromatic rings. The lowest BCUT2D eigenvalue weighted by molar-refractivity contribution is -0.156. The Morgan fingerprint density at radius 2 is 2.05 bits per heavy atom. The Hall–Kier alpha value is -1.57. The van der Waals surface area contributed by atoms with Crippen molar-refractivity contribution >= 4 is 17.6 Å². The average Bonchev–Trinajstić information content (AvgIpc) is 2.29. The second-order valence-corrected chi connectivity index (χ2v) is 5.96. The van der Waals surface area contributed by atoms with Gasteiger partial charge in [-0.3, -0.25) is 9.69 Å². The van der Waals surface area contributed by atoms with E-state index < -0.39 is 11.6 Å². The zero-order valence-electron chi connectivity index (χ0n) is 12.2. The fraction of sp³-hybridized carbons (Fsp3) is 0.467. The van der Waals surface area contributed by atoms with Gasteiger partial charge in [0.05, 0.1) is 12.6 Å². The third-order valence-corrected chi connectivity index (χ3v) is 2.91. The van der Waals surface area contributed by atoms with E-state index in [2.05, 4.69) is 6.07 Å². The molecule has 5 heteroatoms. The fourth-order valence-corrected chi connectivity index (χ4v) is 2.01. The summed E-state index contributed by atoms with van der Waals surface area (Å²) in [5.74, 6) is -0.368. The largest absolute Gasteiger partial charge is 0.459 e. The Balaban J connectivity index is 2.80. The second-order valence-electron chi connectivity index (χ2n) is 5.55. The highest BCUT2D eigenvalue weighted by Crippen LogP contribution is 2.26. The molecule has 0 saturated carbocycles. The second kappa shape index (κ2) is 6.74. The highest BCUT2D eigenvalue weighted by molar-refractivity contribution is 6.31. The first-order valence-electron chi connectivity index (χ1n) is 6.30. The van der Waals surface area contributed by atoms with Crippen molar-refractivity contribution in [2.24, 2.45) is 0 Å². The zero-order chi connectivity index (χ0) is 15.3. The van der Waals surface area contributed by atoms with Crippen molar-refractivity contribution in [1.82, 2.24) is 4.90 Å². The minimum atomic E-state index is -0.587. The van der Waals surface area contributed by atoms with Crippen LogP contribution in [-0.2, 0) is 9.53 Å². The van der Waals surface area contributed by atoms with Crippen LogP contribution in [0.2, 0.25) is 5.02 Å². The molecule has 1 rings (SSSR count). The Kier molecular flexibility index (Phi) is 5.55. The van der Waals surface area contributed by atoms with E-state index in [9.17, 15) is 10.1 Å². The monoisotopic (exact) mass is 294 g/mol. The molecule has 0 N–H and O–H groups in total. The minimum absolute atomic E-state index is 0.0285. The number of likely N-dealkylation sites (N-methyl/N-ethyl adjacent to an activating group) is 1. The standard InChI is InChI=1S/C15H19ClN2O2/c1-15(2,3)20-14(19)10-18(4)13(9-17)11-7-5-6-8-12(11)16/h5-8,13H,10H2,1-4H3. The molecule has 0 aliphatic rings. The van der Waals surface area contributed by atoms with Crippen LogP contribution < -0.4 is 0 Å². The molecule has 0 bridgehead atoms. The van der Waals surface area contributed by atoms with E-state index in [1.54, 1.807) is 50.9 Å². The normalized spacial score (nSPS) is 12.8.